The molecule has 3 aromatic heterocycles. The van der Waals surface area contributed by atoms with Crippen LogP contribution in [0.2, 0.25) is 0 Å². The van der Waals surface area contributed by atoms with Gasteiger partial charge in [0.1, 0.15) is 10.7 Å². The van der Waals surface area contributed by atoms with Gasteiger partial charge in [-0.15, -0.1) is 21.5 Å². The van der Waals surface area contributed by atoms with Crippen LogP contribution >= 0.6 is 11.3 Å². The number of halogens is 1. The Morgan fingerprint density at radius 2 is 2.17 bits per heavy atom. The summed E-state index contributed by atoms with van der Waals surface area (Å²) in [5, 5.41) is 7.99. The summed E-state index contributed by atoms with van der Waals surface area (Å²) < 4.78 is 30.0. The zero-order valence-electron chi connectivity index (χ0n) is 12.1. The van der Waals surface area contributed by atoms with Crippen molar-refractivity contribution in [2.24, 2.45) is 0 Å². The van der Waals surface area contributed by atoms with Crippen molar-refractivity contribution in [2.45, 2.75) is 6.61 Å². The minimum absolute atomic E-state index is 0.141. The van der Waals surface area contributed by atoms with Gasteiger partial charge < -0.3 is 13.6 Å². The van der Waals surface area contributed by atoms with Crippen LogP contribution < -0.4 is 0 Å². The SMILES string of the molecule is O=C(OCc1nnc(-c2ccco2)o1)c1cc2c(F)cccc2s1. The maximum absolute atomic E-state index is 13.7. The zero-order chi connectivity index (χ0) is 16.5. The fraction of sp³-hybridized carbons (Fsp3) is 0.0625. The van der Waals surface area contributed by atoms with Gasteiger partial charge in [-0.25, -0.2) is 9.18 Å². The van der Waals surface area contributed by atoms with Gasteiger partial charge in [0.25, 0.3) is 11.8 Å². The predicted molar refractivity (Wildman–Crippen MR) is 82.9 cm³/mol. The Morgan fingerprint density at radius 3 is 2.96 bits per heavy atom. The monoisotopic (exact) mass is 344 g/mol. The number of carbonyl (C=O) groups excluding carboxylic acids is 1. The lowest BCUT2D eigenvalue weighted by Gasteiger charge is -1.98. The first-order chi connectivity index (χ1) is 11.7. The summed E-state index contributed by atoms with van der Waals surface area (Å²) in [6, 6.07) is 9.53. The standard InChI is InChI=1S/C16H9FN2O4S/c17-10-3-1-5-12-9(10)7-13(24-12)16(20)22-8-14-18-19-15(23-14)11-4-2-6-21-11/h1-7H,8H2. The summed E-state index contributed by atoms with van der Waals surface area (Å²) in [6.07, 6.45) is 1.49. The lowest BCUT2D eigenvalue weighted by molar-refractivity contribution is 0.0444. The molecule has 0 aliphatic rings. The quantitative estimate of drug-likeness (QED) is 0.520. The number of carbonyl (C=O) groups is 1. The van der Waals surface area contributed by atoms with Crippen molar-refractivity contribution < 1.29 is 22.8 Å². The Kier molecular flexibility index (Phi) is 3.58. The highest BCUT2D eigenvalue weighted by atomic mass is 32.1. The average molecular weight is 344 g/mol. The molecule has 0 fully saturated rings. The number of thiophene rings is 1. The van der Waals surface area contributed by atoms with Gasteiger partial charge in [0, 0.05) is 10.1 Å². The molecule has 0 aliphatic heterocycles. The van der Waals surface area contributed by atoms with Crippen LogP contribution in [-0.2, 0) is 11.3 Å². The number of nitrogens with zero attached hydrogens (tertiary/aromatic N) is 2. The molecule has 0 N–H and O–H groups in total. The van der Waals surface area contributed by atoms with Gasteiger partial charge >= 0.3 is 5.97 Å². The van der Waals surface area contributed by atoms with Crippen molar-refractivity contribution >= 4 is 27.4 Å². The molecule has 3 heterocycles. The Labute approximate surface area is 138 Å². The van der Waals surface area contributed by atoms with Crippen LogP contribution in [-0.4, -0.2) is 16.2 Å². The molecule has 4 aromatic rings. The van der Waals surface area contributed by atoms with Gasteiger partial charge in [-0.2, -0.15) is 0 Å². The van der Waals surface area contributed by atoms with E-state index in [1.165, 1.54) is 18.4 Å². The fourth-order valence-corrected chi connectivity index (χ4v) is 3.11. The van der Waals surface area contributed by atoms with E-state index in [1.54, 1.807) is 24.3 Å². The molecule has 24 heavy (non-hydrogen) atoms. The van der Waals surface area contributed by atoms with E-state index in [9.17, 15) is 9.18 Å². The lowest BCUT2D eigenvalue weighted by Crippen LogP contribution is -2.03. The molecule has 0 atom stereocenters. The second-order valence-corrected chi connectivity index (χ2v) is 5.90. The normalized spacial score (nSPS) is 11.0. The van der Waals surface area contributed by atoms with Crippen molar-refractivity contribution in [3.8, 4) is 11.7 Å². The summed E-state index contributed by atoms with van der Waals surface area (Å²) >= 11 is 1.16. The summed E-state index contributed by atoms with van der Waals surface area (Å²) in [4.78, 5) is 12.4. The van der Waals surface area contributed by atoms with Crippen molar-refractivity contribution in [1.29, 1.82) is 0 Å². The van der Waals surface area contributed by atoms with Crippen molar-refractivity contribution in [3.63, 3.8) is 0 Å². The summed E-state index contributed by atoms with van der Waals surface area (Å²) in [5.74, 6) is -0.173. The number of rotatable bonds is 4. The van der Waals surface area contributed by atoms with Gasteiger partial charge in [0.05, 0.1) is 6.26 Å². The van der Waals surface area contributed by atoms with Gasteiger partial charge in [-0.1, -0.05) is 6.07 Å². The van der Waals surface area contributed by atoms with Crippen LogP contribution in [0.5, 0.6) is 0 Å². The molecule has 0 radical (unpaired) electrons. The Morgan fingerprint density at radius 1 is 1.25 bits per heavy atom. The Balaban J connectivity index is 1.47. The second-order valence-electron chi connectivity index (χ2n) is 4.82. The molecular weight excluding hydrogens is 335 g/mol. The van der Waals surface area contributed by atoms with Crippen LogP contribution in [0.3, 0.4) is 0 Å². The summed E-state index contributed by atoms with van der Waals surface area (Å²) in [6.45, 7) is -0.177. The fourth-order valence-electron chi connectivity index (χ4n) is 2.14. The summed E-state index contributed by atoms with van der Waals surface area (Å²) in [5.41, 5.74) is 0. The van der Waals surface area contributed by atoms with Crippen LogP contribution in [0.15, 0.2) is 51.5 Å². The van der Waals surface area contributed by atoms with E-state index in [0.29, 0.717) is 20.7 Å². The molecule has 0 saturated carbocycles. The molecule has 0 unspecified atom stereocenters. The van der Waals surface area contributed by atoms with Gasteiger partial charge in [0.2, 0.25) is 0 Å². The number of ether oxygens (including phenoxy) is 1. The van der Waals surface area contributed by atoms with E-state index < -0.39 is 5.97 Å². The maximum Gasteiger partial charge on any atom is 0.348 e. The first kappa shape index (κ1) is 14.6. The van der Waals surface area contributed by atoms with Crippen LogP contribution in [0, 0.1) is 5.82 Å². The number of fused-ring (bicyclic) bond motifs is 1. The largest absolute Gasteiger partial charge is 0.459 e. The maximum atomic E-state index is 13.7. The highest BCUT2D eigenvalue weighted by Crippen LogP contribution is 2.28. The second kappa shape index (κ2) is 5.89. The van der Waals surface area contributed by atoms with E-state index in [4.69, 9.17) is 13.6 Å². The Bertz CT molecular complexity index is 1010. The molecule has 4 rings (SSSR count). The van der Waals surface area contributed by atoms with E-state index in [1.807, 2.05) is 0 Å². The highest BCUT2D eigenvalue weighted by molar-refractivity contribution is 7.20. The number of esters is 1. The van der Waals surface area contributed by atoms with Gasteiger partial charge in [-0.3, -0.25) is 0 Å². The molecule has 8 heteroatoms. The minimum Gasteiger partial charge on any atom is -0.459 e. The minimum atomic E-state index is -0.576. The topological polar surface area (TPSA) is 78.4 Å². The molecule has 0 aliphatic carbocycles. The van der Waals surface area contributed by atoms with Crippen LogP contribution in [0.4, 0.5) is 4.39 Å². The van der Waals surface area contributed by atoms with Crippen molar-refractivity contribution in [3.05, 3.63) is 59.2 Å². The zero-order valence-corrected chi connectivity index (χ0v) is 12.9. The van der Waals surface area contributed by atoms with E-state index in [0.717, 1.165) is 11.3 Å². The number of hydrogen-bond acceptors (Lipinski definition) is 7. The molecule has 6 nitrogen and oxygen atoms in total. The number of furan rings is 1. The molecule has 1 aromatic carbocycles. The summed E-state index contributed by atoms with van der Waals surface area (Å²) in [7, 11) is 0. The third-order valence-corrected chi connectivity index (χ3v) is 4.32. The highest BCUT2D eigenvalue weighted by Gasteiger charge is 2.16. The van der Waals surface area contributed by atoms with E-state index in [2.05, 4.69) is 10.2 Å². The predicted octanol–water partition coefficient (Wildman–Crippen LogP) is 4.04. The number of aromatic nitrogens is 2. The average Bonchev–Trinajstić information content (AvgIpc) is 3.31. The molecule has 0 bridgehead atoms. The van der Waals surface area contributed by atoms with Crippen molar-refractivity contribution in [2.75, 3.05) is 0 Å². The number of benzene rings is 1. The van der Waals surface area contributed by atoms with E-state index >= 15 is 0 Å². The number of hydrogen-bond donors (Lipinski definition) is 0. The third-order valence-electron chi connectivity index (χ3n) is 3.23. The molecule has 0 spiro atoms. The third kappa shape index (κ3) is 2.67. The first-order valence-corrected chi connectivity index (χ1v) is 7.74. The van der Waals surface area contributed by atoms with E-state index in [-0.39, 0.29) is 24.2 Å². The molecular formula is C16H9FN2O4S. The lowest BCUT2D eigenvalue weighted by atomic mass is 10.2. The van der Waals surface area contributed by atoms with Crippen LogP contribution in [0.1, 0.15) is 15.6 Å². The molecule has 0 amide bonds. The smallest absolute Gasteiger partial charge is 0.348 e. The van der Waals surface area contributed by atoms with Gasteiger partial charge in [-0.05, 0) is 30.3 Å². The van der Waals surface area contributed by atoms with Gasteiger partial charge in [0.15, 0.2) is 12.4 Å². The Hall–Kier alpha value is -3.00. The van der Waals surface area contributed by atoms with Crippen molar-refractivity contribution in [1.82, 2.24) is 10.2 Å². The molecule has 0 saturated heterocycles. The molecule has 120 valence electrons. The van der Waals surface area contributed by atoms with Crippen LogP contribution in [0.25, 0.3) is 21.7 Å². The first-order valence-electron chi connectivity index (χ1n) is 6.92.